The summed E-state index contributed by atoms with van der Waals surface area (Å²) < 4.78 is 16.7. The van der Waals surface area contributed by atoms with Crippen molar-refractivity contribution in [3.05, 3.63) is 48.6 Å². The van der Waals surface area contributed by atoms with Crippen molar-refractivity contribution in [2.45, 2.75) is 326 Å². The molecule has 7 unspecified atom stereocenters. The van der Waals surface area contributed by atoms with E-state index < -0.39 is 49.5 Å². The zero-order valence-corrected chi connectivity index (χ0v) is 48.3. The first-order chi connectivity index (χ1) is 36.7. The molecular formula is C64H117NO10. The number of aliphatic hydroxyl groups excluding tert-OH is 5. The molecule has 0 aromatic rings. The molecule has 7 atom stereocenters. The number of aliphatic hydroxyl groups is 5. The fourth-order valence-corrected chi connectivity index (χ4v) is 9.64. The lowest BCUT2D eigenvalue weighted by atomic mass is 9.99. The van der Waals surface area contributed by atoms with Crippen molar-refractivity contribution >= 4 is 11.9 Å². The predicted molar refractivity (Wildman–Crippen MR) is 310 cm³/mol. The van der Waals surface area contributed by atoms with E-state index in [1.54, 1.807) is 6.08 Å². The number of rotatable bonds is 54. The van der Waals surface area contributed by atoms with Gasteiger partial charge in [-0.15, -0.1) is 0 Å². The van der Waals surface area contributed by atoms with Crippen molar-refractivity contribution in [3.8, 4) is 0 Å². The van der Waals surface area contributed by atoms with Crippen LogP contribution in [0.25, 0.3) is 0 Å². The largest absolute Gasteiger partial charge is 0.466 e. The summed E-state index contributed by atoms with van der Waals surface area (Å²) in [6.45, 7) is 4.29. The number of esters is 1. The van der Waals surface area contributed by atoms with Crippen molar-refractivity contribution in [2.75, 3.05) is 19.8 Å². The molecule has 0 aromatic carbocycles. The van der Waals surface area contributed by atoms with Crippen LogP contribution in [0.4, 0.5) is 0 Å². The van der Waals surface area contributed by atoms with Gasteiger partial charge in [0.25, 0.3) is 0 Å². The monoisotopic (exact) mass is 1060 g/mol. The summed E-state index contributed by atoms with van der Waals surface area (Å²) in [6, 6.07) is -0.839. The third-order valence-corrected chi connectivity index (χ3v) is 14.6. The molecule has 1 aliphatic rings. The van der Waals surface area contributed by atoms with Crippen LogP contribution in [0, 0.1) is 0 Å². The highest BCUT2D eigenvalue weighted by Gasteiger charge is 2.44. The first kappa shape index (κ1) is 70.6. The standard InChI is InChI=1S/C64H117NO10/c1-3-5-7-9-11-13-15-27-31-34-38-42-46-50-57(67)56(55-74-64-63(72)62(71)61(70)58(54-66)75-64)65-59(68)51-47-43-39-35-32-28-25-23-21-19-17-16-18-20-22-24-26-29-33-37-41-45-49-53-73-60(69)52-48-44-40-36-30-14-12-10-8-6-4-2/h11,13,19,21,31,34,46,50,56-58,61-64,66-67,70-72H,3-10,12,14-18,20,22-30,32-33,35-45,47-49,51-55H2,1-2H3,(H,65,68)/b13-11+,21-19-,34-31+,50-46+. The third kappa shape index (κ3) is 43.2. The van der Waals surface area contributed by atoms with Crippen LogP contribution in [-0.4, -0.2) is 100 Å². The molecule has 75 heavy (non-hydrogen) atoms. The van der Waals surface area contributed by atoms with Crippen LogP contribution in [0.3, 0.4) is 0 Å². The second-order valence-corrected chi connectivity index (χ2v) is 21.7. The van der Waals surface area contributed by atoms with Crippen molar-refractivity contribution < 1.29 is 49.3 Å². The summed E-state index contributed by atoms with van der Waals surface area (Å²) in [7, 11) is 0. The lowest BCUT2D eigenvalue weighted by Crippen LogP contribution is -2.60. The van der Waals surface area contributed by atoms with Crippen LogP contribution in [-0.2, 0) is 23.8 Å². The number of hydrogen-bond acceptors (Lipinski definition) is 10. The number of nitrogens with one attached hydrogen (secondary N) is 1. The number of hydrogen-bond donors (Lipinski definition) is 6. The van der Waals surface area contributed by atoms with Gasteiger partial charge in [-0.3, -0.25) is 9.59 Å². The molecular weight excluding hydrogens is 943 g/mol. The van der Waals surface area contributed by atoms with E-state index in [-0.39, 0.29) is 18.5 Å². The summed E-state index contributed by atoms with van der Waals surface area (Å²) in [5.41, 5.74) is 0. The second kappa shape index (κ2) is 53.6. The Morgan fingerprint density at radius 3 is 1.35 bits per heavy atom. The van der Waals surface area contributed by atoms with Gasteiger partial charge in [0.1, 0.15) is 24.4 Å². The Kier molecular flexibility index (Phi) is 50.5. The van der Waals surface area contributed by atoms with Crippen LogP contribution in [0.1, 0.15) is 284 Å². The van der Waals surface area contributed by atoms with E-state index in [0.717, 1.165) is 83.5 Å². The maximum absolute atomic E-state index is 13.0. The first-order valence-corrected chi connectivity index (χ1v) is 31.4. The van der Waals surface area contributed by atoms with Crippen LogP contribution >= 0.6 is 0 Å². The molecule has 0 aromatic heterocycles. The number of carbonyl (C=O) groups excluding carboxylic acids is 2. The van der Waals surface area contributed by atoms with Crippen molar-refractivity contribution in [2.24, 2.45) is 0 Å². The van der Waals surface area contributed by atoms with E-state index in [1.807, 2.05) is 6.08 Å². The maximum atomic E-state index is 13.0. The Labute approximate surface area is 459 Å². The van der Waals surface area contributed by atoms with E-state index in [0.29, 0.717) is 19.4 Å². The van der Waals surface area contributed by atoms with Gasteiger partial charge in [-0.25, -0.2) is 0 Å². The molecule has 0 radical (unpaired) electrons. The summed E-state index contributed by atoms with van der Waals surface area (Å²) >= 11 is 0. The molecule has 1 fully saturated rings. The minimum Gasteiger partial charge on any atom is -0.466 e. The van der Waals surface area contributed by atoms with Gasteiger partial charge < -0.3 is 45.1 Å². The van der Waals surface area contributed by atoms with E-state index >= 15 is 0 Å². The van der Waals surface area contributed by atoms with Gasteiger partial charge in [0.2, 0.25) is 5.91 Å². The average molecular weight is 1060 g/mol. The molecule has 1 amide bonds. The smallest absolute Gasteiger partial charge is 0.305 e. The summed E-state index contributed by atoms with van der Waals surface area (Å²) in [4.78, 5) is 25.0. The van der Waals surface area contributed by atoms with E-state index in [2.05, 4.69) is 55.6 Å². The quantitative estimate of drug-likeness (QED) is 0.0195. The van der Waals surface area contributed by atoms with Crippen molar-refractivity contribution in [3.63, 3.8) is 0 Å². The Morgan fingerprint density at radius 2 is 0.867 bits per heavy atom. The first-order valence-electron chi connectivity index (χ1n) is 31.4. The molecule has 0 aliphatic carbocycles. The number of allylic oxidation sites excluding steroid dienone is 7. The molecule has 11 heteroatoms. The minimum atomic E-state index is -1.58. The fraction of sp³-hybridized carbons (Fsp3) is 0.844. The molecule has 1 heterocycles. The van der Waals surface area contributed by atoms with Crippen LogP contribution in [0.5, 0.6) is 0 Å². The molecule has 1 aliphatic heterocycles. The molecule has 0 spiro atoms. The lowest BCUT2D eigenvalue weighted by molar-refractivity contribution is -0.302. The molecule has 438 valence electrons. The SMILES string of the molecule is CCCCC/C=C/CC/C=C/CC/C=C/C(O)C(COC1OC(CO)C(O)C(O)C1O)NC(=O)CCCCCCCCC/C=C\CCCCCCCCCCCCCCOC(=O)CCCCCCCCCCCCC. The highest BCUT2D eigenvalue weighted by molar-refractivity contribution is 5.76. The Hall–Kier alpha value is -2.38. The molecule has 6 N–H and O–H groups in total. The lowest BCUT2D eigenvalue weighted by Gasteiger charge is -2.40. The number of ether oxygens (including phenoxy) is 3. The Balaban J connectivity index is 2.07. The van der Waals surface area contributed by atoms with E-state index in [9.17, 15) is 35.1 Å². The van der Waals surface area contributed by atoms with E-state index in [1.165, 1.54) is 173 Å². The molecule has 0 bridgehead atoms. The van der Waals surface area contributed by atoms with Gasteiger partial charge in [-0.2, -0.15) is 0 Å². The van der Waals surface area contributed by atoms with Gasteiger partial charge in [-0.1, -0.05) is 236 Å². The number of amides is 1. The Bertz CT molecular complexity index is 1390. The van der Waals surface area contributed by atoms with Crippen LogP contribution in [0.2, 0.25) is 0 Å². The van der Waals surface area contributed by atoms with Crippen LogP contribution in [0.15, 0.2) is 48.6 Å². The second-order valence-electron chi connectivity index (χ2n) is 21.7. The molecule has 1 saturated heterocycles. The van der Waals surface area contributed by atoms with Gasteiger partial charge >= 0.3 is 5.97 Å². The molecule has 1 rings (SSSR count). The highest BCUT2D eigenvalue weighted by atomic mass is 16.7. The van der Waals surface area contributed by atoms with Gasteiger partial charge in [0, 0.05) is 12.8 Å². The average Bonchev–Trinajstić information content (AvgIpc) is 3.41. The van der Waals surface area contributed by atoms with Crippen LogP contribution < -0.4 is 5.32 Å². The minimum absolute atomic E-state index is 0.00164. The van der Waals surface area contributed by atoms with Gasteiger partial charge in [-0.05, 0) is 83.5 Å². The van der Waals surface area contributed by atoms with Gasteiger partial charge in [0.15, 0.2) is 6.29 Å². The summed E-state index contributed by atoms with van der Waals surface area (Å²) in [5.74, 6) is -0.205. The zero-order valence-electron chi connectivity index (χ0n) is 48.3. The zero-order chi connectivity index (χ0) is 54.5. The highest BCUT2D eigenvalue weighted by Crippen LogP contribution is 2.23. The van der Waals surface area contributed by atoms with Crippen molar-refractivity contribution in [1.29, 1.82) is 0 Å². The summed E-state index contributed by atoms with van der Waals surface area (Å²) in [6.07, 6.45) is 57.8. The maximum Gasteiger partial charge on any atom is 0.305 e. The predicted octanol–water partition coefficient (Wildman–Crippen LogP) is 14.8. The topological polar surface area (TPSA) is 175 Å². The van der Waals surface area contributed by atoms with Crippen molar-refractivity contribution in [1.82, 2.24) is 5.32 Å². The van der Waals surface area contributed by atoms with E-state index in [4.69, 9.17) is 14.2 Å². The summed E-state index contributed by atoms with van der Waals surface area (Å²) in [5, 5.41) is 54.3. The normalized spacial score (nSPS) is 19.1. The number of carbonyl (C=O) groups is 2. The Morgan fingerprint density at radius 1 is 0.480 bits per heavy atom. The molecule has 11 nitrogen and oxygen atoms in total. The number of unbranched alkanes of at least 4 members (excludes halogenated alkanes) is 34. The molecule has 0 saturated carbocycles. The van der Waals surface area contributed by atoms with Gasteiger partial charge in [0.05, 0.1) is 32.0 Å². The fourth-order valence-electron chi connectivity index (χ4n) is 9.64. The third-order valence-electron chi connectivity index (χ3n) is 14.6.